The van der Waals surface area contributed by atoms with Crippen molar-refractivity contribution in [1.29, 1.82) is 0 Å². The van der Waals surface area contributed by atoms with Crippen LogP contribution in [-0.4, -0.2) is 129 Å². The first-order chi connectivity index (χ1) is 30.0. The van der Waals surface area contributed by atoms with Gasteiger partial charge < -0.3 is 46.7 Å². The molecule has 0 bridgehead atoms. The molecule has 13 heteroatoms. The summed E-state index contributed by atoms with van der Waals surface area (Å²) in [6.45, 7) is 19.4. The minimum absolute atomic E-state index is 0.0790. The molecule has 0 saturated carbocycles. The van der Waals surface area contributed by atoms with Crippen LogP contribution in [0.4, 0.5) is 4.79 Å². The van der Waals surface area contributed by atoms with Gasteiger partial charge in [-0.2, -0.15) is 0 Å². The summed E-state index contributed by atoms with van der Waals surface area (Å²) in [4.78, 5) is 11.9. The average molecular weight is 891 g/mol. The number of rotatable bonds is 30. The topological polar surface area (TPSA) is 109 Å². The molecule has 0 aliphatic heterocycles. The van der Waals surface area contributed by atoms with Crippen LogP contribution in [0.5, 0.6) is 0 Å². The minimum atomic E-state index is -2.57. The zero-order chi connectivity index (χ0) is 44.4. The Kier molecular flexibility index (Phi) is 22.5. The molecule has 0 aromatic heterocycles. The summed E-state index contributed by atoms with van der Waals surface area (Å²) in [6, 6.07) is 42.3. The van der Waals surface area contributed by atoms with Crippen molar-refractivity contribution in [2.24, 2.45) is 0 Å². The summed E-state index contributed by atoms with van der Waals surface area (Å²) in [5, 5.41) is 4.82. The van der Waals surface area contributed by atoms with Gasteiger partial charge >= 0.3 is 6.16 Å². The fourth-order valence-corrected chi connectivity index (χ4v) is 16.6. The van der Waals surface area contributed by atoms with Gasteiger partial charge in [0.25, 0.3) is 16.6 Å². The van der Waals surface area contributed by atoms with Crippen molar-refractivity contribution in [2.45, 2.75) is 51.6 Å². The molecular formula is C49H70O11Si2. The summed E-state index contributed by atoms with van der Waals surface area (Å²) >= 11 is 0. The monoisotopic (exact) mass is 890 g/mol. The van der Waals surface area contributed by atoms with Crippen molar-refractivity contribution in [3.8, 4) is 0 Å². The maximum absolute atomic E-state index is 11.9. The van der Waals surface area contributed by atoms with Gasteiger partial charge in [0.15, 0.2) is 0 Å². The molecule has 4 aromatic rings. The Labute approximate surface area is 372 Å². The van der Waals surface area contributed by atoms with Crippen LogP contribution in [0.2, 0.25) is 10.1 Å². The van der Waals surface area contributed by atoms with Gasteiger partial charge in [-0.25, -0.2) is 4.79 Å². The lowest BCUT2D eigenvalue weighted by atomic mass is 10.2. The Morgan fingerprint density at radius 3 is 0.774 bits per heavy atom. The van der Waals surface area contributed by atoms with Gasteiger partial charge in [-0.05, 0) is 30.8 Å². The maximum Gasteiger partial charge on any atom is 0.508 e. The highest BCUT2D eigenvalue weighted by molar-refractivity contribution is 7.00. The smallest absolute Gasteiger partial charge is 0.432 e. The van der Waals surface area contributed by atoms with E-state index in [2.05, 4.69) is 139 Å². The molecule has 0 fully saturated rings. The molecule has 62 heavy (non-hydrogen) atoms. The van der Waals surface area contributed by atoms with Gasteiger partial charge in [0.05, 0.1) is 92.5 Å². The van der Waals surface area contributed by atoms with Gasteiger partial charge in [-0.15, -0.1) is 0 Å². The SMILES string of the molecule is CC(C)(C)[Si](OCCOCCOCCOCCOC(=O)OCCOCCOCCOCCO[Si](c1ccccc1)(c1ccccc1)C(C)(C)C)(c1ccccc1)c1ccccc1. The maximum atomic E-state index is 11.9. The Morgan fingerprint density at radius 2 is 0.548 bits per heavy atom. The van der Waals surface area contributed by atoms with Crippen molar-refractivity contribution in [2.75, 3.05) is 106 Å². The van der Waals surface area contributed by atoms with E-state index in [4.69, 9.17) is 46.7 Å². The Bertz CT molecular complexity index is 1550. The molecule has 0 spiro atoms. The Hall–Kier alpha value is -3.74. The minimum Gasteiger partial charge on any atom is -0.432 e. The molecule has 0 heterocycles. The van der Waals surface area contributed by atoms with Crippen molar-refractivity contribution in [1.82, 2.24) is 0 Å². The zero-order valence-corrected chi connectivity index (χ0v) is 39.9. The van der Waals surface area contributed by atoms with E-state index in [1.165, 1.54) is 20.7 Å². The summed E-state index contributed by atoms with van der Waals surface area (Å²) in [6.07, 6.45) is -0.767. The van der Waals surface area contributed by atoms with Gasteiger partial charge in [-0.3, -0.25) is 0 Å². The fourth-order valence-electron chi connectivity index (χ4n) is 7.52. The summed E-state index contributed by atoms with van der Waals surface area (Å²) in [5.41, 5.74) is 0. The molecule has 0 aliphatic carbocycles. The number of ether oxygens (including phenoxy) is 8. The normalized spacial score (nSPS) is 12.4. The van der Waals surface area contributed by atoms with E-state index < -0.39 is 22.8 Å². The van der Waals surface area contributed by atoms with Crippen LogP contribution >= 0.6 is 0 Å². The molecule has 340 valence electrons. The first-order valence-corrected chi connectivity index (χ1v) is 25.6. The highest BCUT2D eigenvalue weighted by Gasteiger charge is 2.51. The lowest BCUT2D eigenvalue weighted by Gasteiger charge is -2.43. The second-order valence-electron chi connectivity index (χ2n) is 16.6. The van der Waals surface area contributed by atoms with Gasteiger partial charge in [-0.1, -0.05) is 163 Å². The second kappa shape index (κ2) is 27.5. The Morgan fingerprint density at radius 1 is 0.339 bits per heavy atom. The average Bonchev–Trinajstić information content (AvgIpc) is 3.27. The van der Waals surface area contributed by atoms with Crippen LogP contribution in [0.15, 0.2) is 121 Å². The van der Waals surface area contributed by atoms with Crippen molar-refractivity contribution in [3.05, 3.63) is 121 Å². The molecule has 4 aromatic carbocycles. The van der Waals surface area contributed by atoms with E-state index in [1.807, 2.05) is 24.3 Å². The molecule has 0 amide bonds. The van der Waals surface area contributed by atoms with Crippen LogP contribution in [-0.2, 0) is 46.7 Å². The van der Waals surface area contributed by atoms with Gasteiger partial charge in [0, 0.05) is 0 Å². The van der Waals surface area contributed by atoms with Crippen LogP contribution in [0.3, 0.4) is 0 Å². The van der Waals surface area contributed by atoms with Crippen LogP contribution in [0.25, 0.3) is 0 Å². The Balaban J connectivity index is 0.939. The predicted molar refractivity (Wildman–Crippen MR) is 249 cm³/mol. The fraction of sp³-hybridized carbons (Fsp3) is 0.490. The lowest BCUT2D eigenvalue weighted by Crippen LogP contribution is -2.66. The van der Waals surface area contributed by atoms with E-state index in [0.717, 1.165) is 0 Å². The molecule has 4 rings (SSSR count). The number of hydrogen-bond acceptors (Lipinski definition) is 11. The number of carbonyl (C=O) groups excluding carboxylic acids is 1. The van der Waals surface area contributed by atoms with E-state index in [1.54, 1.807) is 0 Å². The molecule has 0 N–H and O–H groups in total. The van der Waals surface area contributed by atoms with Crippen molar-refractivity contribution < 1.29 is 51.5 Å². The third kappa shape index (κ3) is 15.8. The van der Waals surface area contributed by atoms with Crippen LogP contribution < -0.4 is 20.7 Å². The standard InChI is InChI=1S/C49H70O11Si2/c1-48(2,3)61(43-19-11-7-12-20-43,44-21-13-8-14-22-44)59-41-37-55-33-29-51-27-31-53-35-39-57-47(50)58-40-36-54-32-28-52-30-34-56-38-42-60-62(49(4,5)6,45-23-15-9-16-24-45)46-25-17-10-18-26-46/h7-26H,27-42H2,1-6H3. The molecule has 0 atom stereocenters. The molecule has 11 nitrogen and oxygen atoms in total. The van der Waals surface area contributed by atoms with Gasteiger partial charge in [0.1, 0.15) is 13.2 Å². The molecule has 0 unspecified atom stereocenters. The second-order valence-corrected chi connectivity index (χ2v) is 25.3. The van der Waals surface area contributed by atoms with Gasteiger partial charge in [0.2, 0.25) is 0 Å². The van der Waals surface area contributed by atoms with Crippen LogP contribution in [0.1, 0.15) is 41.5 Å². The van der Waals surface area contributed by atoms with Crippen molar-refractivity contribution >= 4 is 43.5 Å². The number of benzene rings is 4. The summed E-state index contributed by atoms with van der Waals surface area (Å²) in [5.74, 6) is 0. The van der Waals surface area contributed by atoms with E-state index >= 15 is 0 Å². The first kappa shape index (κ1) is 50.9. The predicted octanol–water partition coefficient (Wildman–Crippen LogP) is 6.39. The highest BCUT2D eigenvalue weighted by atomic mass is 28.4. The summed E-state index contributed by atoms with van der Waals surface area (Å²) in [7, 11) is -5.15. The number of carbonyl (C=O) groups is 1. The number of hydrogen-bond donors (Lipinski definition) is 0. The van der Waals surface area contributed by atoms with Crippen molar-refractivity contribution in [3.63, 3.8) is 0 Å². The lowest BCUT2D eigenvalue weighted by molar-refractivity contribution is -0.0162. The quantitative estimate of drug-likeness (QED) is 0.0330. The third-order valence-electron chi connectivity index (χ3n) is 10.3. The van der Waals surface area contributed by atoms with E-state index in [0.29, 0.717) is 79.3 Å². The first-order valence-electron chi connectivity index (χ1n) is 21.8. The molecule has 0 radical (unpaired) electrons. The largest absolute Gasteiger partial charge is 0.508 e. The molecule has 0 saturated heterocycles. The summed E-state index contributed by atoms with van der Waals surface area (Å²) < 4.78 is 57.7. The van der Waals surface area contributed by atoms with Crippen LogP contribution in [0, 0.1) is 0 Å². The molecular weight excluding hydrogens is 821 g/mol. The van der Waals surface area contributed by atoms with E-state index in [9.17, 15) is 4.79 Å². The highest BCUT2D eigenvalue weighted by Crippen LogP contribution is 2.37. The zero-order valence-electron chi connectivity index (χ0n) is 37.9. The van der Waals surface area contributed by atoms with E-state index in [-0.39, 0.29) is 36.5 Å². The third-order valence-corrected chi connectivity index (χ3v) is 20.4. The molecule has 0 aliphatic rings.